The Kier molecular flexibility index (Phi) is 6.02. The maximum absolute atomic E-state index is 10.7. The van der Waals surface area contributed by atoms with Crippen LogP contribution in [-0.2, 0) is 4.74 Å². The van der Waals surface area contributed by atoms with E-state index in [1.54, 1.807) is 4.90 Å². The maximum Gasteiger partial charge on any atom is 0.409 e. The predicted octanol–water partition coefficient (Wildman–Crippen LogP) is 2.83. The van der Waals surface area contributed by atoms with Crippen LogP contribution in [0.15, 0.2) is 0 Å². The number of amides is 1. The first-order valence-corrected chi connectivity index (χ1v) is 9.18. The Morgan fingerprint density at radius 2 is 1.70 bits per heavy atom. The molecular formula is C15H28N2O2S. The van der Waals surface area contributed by atoms with Gasteiger partial charge in [-0.05, 0) is 57.9 Å². The van der Waals surface area contributed by atoms with E-state index in [9.17, 15) is 4.79 Å². The standard InChI is InChI=1S/C9H17NS.C6H11NO2/c1-11-8-9-4-2-6-10(9)7-3-5-9;1-9-6(8)7-4-2-3-5-7/h2-8H2,1H3;2-5H2,1H3. The van der Waals surface area contributed by atoms with Crippen molar-refractivity contribution < 1.29 is 9.53 Å². The third-order valence-electron chi connectivity index (χ3n) is 4.76. The van der Waals surface area contributed by atoms with Crippen molar-refractivity contribution in [1.29, 1.82) is 0 Å². The predicted molar refractivity (Wildman–Crippen MR) is 84.4 cm³/mol. The third-order valence-corrected chi connectivity index (χ3v) is 5.59. The molecule has 1 amide bonds. The Bertz CT molecular complexity index is 309. The molecule has 0 aliphatic carbocycles. The fourth-order valence-electron chi connectivity index (χ4n) is 3.76. The molecule has 0 aromatic heterocycles. The topological polar surface area (TPSA) is 32.8 Å². The van der Waals surface area contributed by atoms with Gasteiger partial charge >= 0.3 is 6.09 Å². The zero-order chi connectivity index (χ0) is 14.4. The van der Waals surface area contributed by atoms with Gasteiger partial charge in [0.05, 0.1) is 7.11 Å². The number of fused-ring (bicyclic) bond motifs is 1. The highest BCUT2D eigenvalue weighted by Gasteiger charge is 2.43. The third kappa shape index (κ3) is 3.61. The van der Waals surface area contributed by atoms with Crippen LogP contribution in [-0.4, -0.2) is 66.7 Å². The molecule has 0 N–H and O–H groups in total. The SMILES string of the molecule is COC(=O)N1CCCC1.CSCC12CCCN1CCC2. The van der Waals surface area contributed by atoms with E-state index in [0.29, 0.717) is 5.54 Å². The highest BCUT2D eigenvalue weighted by molar-refractivity contribution is 7.98. The van der Waals surface area contributed by atoms with Crippen LogP contribution in [0, 0.1) is 0 Å². The van der Waals surface area contributed by atoms with Crippen molar-refractivity contribution in [3.63, 3.8) is 0 Å². The lowest BCUT2D eigenvalue weighted by Gasteiger charge is -2.31. The molecule has 3 heterocycles. The zero-order valence-electron chi connectivity index (χ0n) is 12.9. The number of thioether (sulfide) groups is 1. The lowest BCUT2D eigenvalue weighted by molar-refractivity contribution is 0.133. The second-order valence-corrected chi connectivity index (χ2v) is 6.88. The molecule has 0 aromatic rings. The summed E-state index contributed by atoms with van der Waals surface area (Å²) in [6.07, 6.45) is 10.1. The summed E-state index contributed by atoms with van der Waals surface area (Å²) in [5.74, 6) is 1.37. The minimum atomic E-state index is -0.187. The molecule has 0 saturated carbocycles. The van der Waals surface area contributed by atoms with Crippen molar-refractivity contribution in [2.45, 2.75) is 44.1 Å². The summed E-state index contributed by atoms with van der Waals surface area (Å²) < 4.78 is 4.52. The quantitative estimate of drug-likeness (QED) is 0.785. The molecule has 0 spiro atoms. The van der Waals surface area contributed by atoms with Crippen LogP contribution in [0.2, 0.25) is 0 Å². The summed E-state index contributed by atoms with van der Waals surface area (Å²) in [5.41, 5.74) is 0.652. The summed E-state index contributed by atoms with van der Waals surface area (Å²) in [4.78, 5) is 15.2. The Morgan fingerprint density at radius 1 is 1.10 bits per heavy atom. The zero-order valence-corrected chi connectivity index (χ0v) is 13.7. The normalized spacial score (nSPS) is 24.2. The van der Waals surface area contributed by atoms with Crippen LogP contribution < -0.4 is 0 Å². The summed E-state index contributed by atoms with van der Waals surface area (Å²) in [5, 5.41) is 0. The number of methoxy groups -OCH3 is 1. The molecule has 3 aliphatic rings. The Labute approximate surface area is 127 Å². The molecule has 5 heteroatoms. The van der Waals surface area contributed by atoms with Crippen molar-refractivity contribution in [3.8, 4) is 0 Å². The Balaban J connectivity index is 0.000000151. The molecule has 3 saturated heterocycles. The smallest absolute Gasteiger partial charge is 0.409 e. The first kappa shape index (κ1) is 16.0. The average Bonchev–Trinajstić information content (AvgIpc) is 3.14. The minimum Gasteiger partial charge on any atom is -0.453 e. The van der Waals surface area contributed by atoms with Crippen molar-refractivity contribution in [2.75, 3.05) is 45.3 Å². The van der Waals surface area contributed by atoms with E-state index in [-0.39, 0.29) is 6.09 Å². The number of nitrogens with zero attached hydrogens (tertiary/aromatic N) is 2. The molecule has 0 unspecified atom stereocenters. The van der Waals surface area contributed by atoms with E-state index < -0.39 is 0 Å². The second-order valence-electron chi connectivity index (χ2n) is 6.02. The molecule has 116 valence electrons. The van der Waals surface area contributed by atoms with E-state index >= 15 is 0 Å². The summed E-state index contributed by atoms with van der Waals surface area (Å²) in [7, 11) is 1.42. The van der Waals surface area contributed by atoms with E-state index in [2.05, 4.69) is 15.9 Å². The van der Waals surface area contributed by atoms with Crippen molar-refractivity contribution in [3.05, 3.63) is 0 Å². The van der Waals surface area contributed by atoms with Gasteiger partial charge in [0.25, 0.3) is 0 Å². The highest BCUT2D eigenvalue weighted by atomic mass is 32.2. The van der Waals surface area contributed by atoms with Crippen LogP contribution in [0.5, 0.6) is 0 Å². The number of ether oxygens (including phenoxy) is 1. The number of carbonyl (C=O) groups excluding carboxylic acids is 1. The molecule has 0 bridgehead atoms. The molecule has 3 aliphatic heterocycles. The van der Waals surface area contributed by atoms with E-state index in [0.717, 1.165) is 25.9 Å². The first-order chi connectivity index (χ1) is 9.72. The molecule has 4 nitrogen and oxygen atoms in total. The van der Waals surface area contributed by atoms with Gasteiger partial charge in [0.15, 0.2) is 0 Å². The number of rotatable bonds is 2. The van der Waals surface area contributed by atoms with Gasteiger partial charge in [0.1, 0.15) is 0 Å². The summed E-state index contributed by atoms with van der Waals surface area (Å²) in [6, 6.07) is 0. The van der Waals surface area contributed by atoms with Crippen molar-refractivity contribution in [1.82, 2.24) is 9.80 Å². The number of likely N-dealkylation sites (tertiary alicyclic amines) is 1. The molecule has 20 heavy (non-hydrogen) atoms. The monoisotopic (exact) mass is 300 g/mol. The largest absolute Gasteiger partial charge is 0.453 e. The number of hydrogen-bond donors (Lipinski definition) is 0. The molecule has 0 radical (unpaired) electrons. The molecule has 0 aromatic carbocycles. The van der Waals surface area contributed by atoms with Crippen LogP contribution in [0.4, 0.5) is 4.79 Å². The van der Waals surface area contributed by atoms with Gasteiger partial charge in [0, 0.05) is 24.4 Å². The van der Waals surface area contributed by atoms with Crippen LogP contribution in [0.1, 0.15) is 38.5 Å². The van der Waals surface area contributed by atoms with Crippen molar-refractivity contribution in [2.24, 2.45) is 0 Å². The number of hydrogen-bond acceptors (Lipinski definition) is 4. The lowest BCUT2D eigenvalue weighted by atomic mass is 9.97. The first-order valence-electron chi connectivity index (χ1n) is 7.79. The van der Waals surface area contributed by atoms with Crippen molar-refractivity contribution >= 4 is 17.9 Å². The Hall–Kier alpha value is -0.420. The van der Waals surface area contributed by atoms with Crippen LogP contribution in [0.25, 0.3) is 0 Å². The molecule has 3 fully saturated rings. The summed E-state index contributed by atoms with van der Waals surface area (Å²) >= 11 is 2.02. The van der Waals surface area contributed by atoms with E-state index in [1.807, 2.05) is 11.8 Å². The highest BCUT2D eigenvalue weighted by Crippen LogP contribution is 2.40. The lowest BCUT2D eigenvalue weighted by Crippen LogP contribution is -2.40. The fraction of sp³-hybridized carbons (Fsp3) is 0.933. The molecule has 0 atom stereocenters. The van der Waals surface area contributed by atoms with Crippen LogP contribution in [0.3, 0.4) is 0 Å². The van der Waals surface area contributed by atoms with Gasteiger partial charge in [-0.2, -0.15) is 11.8 Å². The Morgan fingerprint density at radius 3 is 2.20 bits per heavy atom. The number of carbonyl (C=O) groups is 1. The molecular weight excluding hydrogens is 272 g/mol. The minimum absolute atomic E-state index is 0.187. The average molecular weight is 300 g/mol. The van der Waals surface area contributed by atoms with Crippen LogP contribution >= 0.6 is 11.8 Å². The van der Waals surface area contributed by atoms with Gasteiger partial charge in [-0.25, -0.2) is 4.79 Å². The second kappa shape index (κ2) is 7.55. The van der Waals surface area contributed by atoms with Gasteiger partial charge in [-0.3, -0.25) is 4.90 Å². The summed E-state index contributed by atoms with van der Waals surface area (Å²) in [6.45, 7) is 4.49. The van der Waals surface area contributed by atoms with Gasteiger partial charge < -0.3 is 9.64 Å². The maximum atomic E-state index is 10.7. The molecule has 3 rings (SSSR count). The fourth-order valence-corrected chi connectivity index (χ4v) is 4.77. The van der Waals surface area contributed by atoms with Gasteiger partial charge in [0.2, 0.25) is 0 Å². The van der Waals surface area contributed by atoms with E-state index in [4.69, 9.17) is 0 Å². The van der Waals surface area contributed by atoms with Gasteiger partial charge in [-0.1, -0.05) is 0 Å². The van der Waals surface area contributed by atoms with E-state index in [1.165, 1.54) is 51.6 Å². The van der Waals surface area contributed by atoms with Gasteiger partial charge in [-0.15, -0.1) is 0 Å².